The van der Waals surface area contributed by atoms with Gasteiger partial charge in [0, 0.05) is 18.0 Å². The zero-order valence-electron chi connectivity index (χ0n) is 11.7. The zero-order valence-corrected chi connectivity index (χ0v) is 11.7. The van der Waals surface area contributed by atoms with Gasteiger partial charge in [0.25, 0.3) is 0 Å². The summed E-state index contributed by atoms with van der Waals surface area (Å²) in [4.78, 5) is 11.1. The van der Waals surface area contributed by atoms with Gasteiger partial charge in [-0.05, 0) is 23.5 Å². The van der Waals surface area contributed by atoms with E-state index >= 15 is 0 Å². The minimum Gasteiger partial charge on any atom is -0.507 e. The van der Waals surface area contributed by atoms with E-state index in [-0.39, 0.29) is 23.1 Å². The van der Waals surface area contributed by atoms with Gasteiger partial charge in [0.2, 0.25) is 5.91 Å². The van der Waals surface area contributed by atoms with E-state index in [1.54, 1.807) is 0 Å². The van der Waals surface area contributed by atoms with E-state index in [4.69, 9.17) is 0 Å². The second-order valence-corrected chi connectivity index (χ2v) is 6.10. The quantitative estimate of drug-likeness (QED) is 0.857. The summed E-state index contributed by atoms with van der Waals surface area (Å²) in [6.07, 6.45) is 5.23. The number of amides is 1. The maximum absolute atomic E-state index is 11.1. The van der Waals surface area contributed by atoms with E-state index in [9.17, 15) is 9.90 Å². The Morgan fingerprint density at radius 3 is 2.63 bits per heavy atom. The van der Waals surface area contributed by atoms with Crippen LogP contribution in [0.1, 0.15) is 44.7 Å². The highest BCUT2D eigenvalue weighted by atomic mass is 16.3. The van der Waals surface area contributed by atoms with E-state index in [0.717, 1.165) is 17.5 Å². The van der Waals surface area contributed by atoms with Crippen LogP contribution < -0.4 is 5.32 Å². The van der Waals surface area contributed by atoms with E-state index in [1.165, 1.54) is 0 Å². The molecule has 0 bridgehead atoms. The molecule has 102 valence electrons. The maximum Gasteiger partial charge on any atom is 0.220 e. The van der Waals surface area contributed by atoms with Crippen LogP contribution in [0.2, 0.25) is 0 Å². The molecule has 1 saturated heterocycles. The number of hydrogen-bond acceptors (Lipinski definition) is 2. The first-order valence-electron chi connectivity index (χ1n) is 6.67. The lowest BCUT2D eigenvalue weighted by Gasteiger charge is -2.19. The summed E-state index contributed by atoms with van der Waals surface area (Å²) in [6, 6.07) is 5.86. The first-order valence-corrected chi connectivity index (χ1v) is 6.67. The molecule has 0 radical (unpaired) electrons. The van der Waals surface area contributed by atoms with Gasteiger partial charge in [0.05, 0.1) is 0 Å². The van der Waals surface area contributed by atoms with E-state index in [1.807, 2.05) is 30.4 Å². The summed E-state index contributed by atoms with van der Waals surface area (Å²) in [7, 11) is 0. The van der Waals surface area contributed by atoms with Crippen molar-refractivity contribution in [2.24, 2.45) is 0 Å². The standard InChI is InChI=1S/C16H21NO2/c1-16(2,3)12-6-4-11(14(18)10-12)5-7-13-8-9-15(19)17-13/h4-7,10,13,18H,8-9H2,1-3H3,(H,17,19)/b7-5+/t13-/m0/s1. The van der Waals surface area contributed by atoms with Gasteiger partial charge in [-0.1, -0.05) is 45.1 Å². The average Bonchev–Trinajstić information content (AvgIpc) is 2.72. The zero-order chi connectivity index (χ0) is 14.0. The Morgan fingerprint density at radius 1 is 1.37 bits per heavy atom. The third-order valence-electron chi connectivity index (χ3n) is 3.43. The van der Waals surface area contributed by atoms with Crippen LogP contribution in [0.15, 0.2) is 24.3 Å². The van der Waals surface area contributed by atoms with E-state index in [0.29, 0.717) is 6.42 Å². The molecule has 1 aliphatic rings. The molecule has 0 aliphatic carbocycles. The number of carbonyl (C=O) groups excluding carboxylic acids is 1. The molecule has 2 N–H and O–H groups in total. The Labute approximate surface area is 114 Å². The van der Waals surface area contributed by atoms with Crippen LogP contribution in [0.25, 0.3) is 6.08 Å². The number of benzene rings is 1. The molecule has 1 atom stereocenters. The van der Waals surface area contributed by atoms with Crippen molar-refractivity contribution < 1.29 is 9.90 Å². The van der Waals surface area contributed by atoms with Gasteiger partial charge in [-0.3, -0.25) is 4.79 Å². The van der Waals surface area contributed by atoms with Crippen molar-refractivity contribution in [2.75, 3.05) is 0 Å². The largest absolute Gasteiger partial charge is 0.507 e. The predicted molar refractivity (Wildman–Crippen MR) is 77.0 cm³/mol. The number of hydrogen-bond donors (Lipinski definition) is 2. The van der Waals surface area contributed by atoms with Crippen LogP contribution in [0.4, 0.5) is 0 Å². The SMILES string of the molecule is CC(C)(C)c1ccc(/C=C/[C@H]2CCC(=O)N2)c(O)c1. The maximum atomic E-state index is 11.1. The molecule has 1 aromatic rings. The number of carbonyl (C=O) groups is 1. The van der Waals surface area contributed by atoms with Gasteiger partial charge in [-0.2, -0.15) is 0 Å². The molecular formula is C16H21NO2. The molecule has 1 aliphatic heterocycles. The van der Waals surface area contributed by atoms with Crippen LogP contribution in [-0.4, -0.2) is 17.1 Å². The molecule has 1 aromatic carbocycles. The molecule has 0 spiro atoms. The van der Waals surface area contributed by atoms with Gasteiger partial charge in [0.1, 0.15) is 5.75 Å². The van der Waals surface area contributed by atoms with Crippen molar-refractivity contribution in [2.45, 2.75) is 45.1 Å². The monoisotopic (exact) mass is 259 g/mol. The number of phenols is 1. The molecular weight excluding hydrogens is 238 g/mol. The first-order chi connectivity index (χ1) is 8.86. The molecule has 3 heteroatoms. The Balaban J connectivity index is 2.13. The Bertz CT molecular complexity index is 512. The number of rotatable bonds is 2. The smallest absolute Gasteiger partial charge is 0.220 e. The fraction of sp³-hybridized carbons (Fsp3) is 0.438. The highest BCUT2D eigenvalue weighted by Crippen LogP contribution is 2.28. The normalized spacial score (nSPS) is 19.9. The van der Waals surface area contributed by atoms with Gasteiger partial charge in [-0.25, -0.2) is 0 Å². The summed E-state index contributed by atoms with van der Waals surface area (Å²) in [5, 5.41) is 12.9. The van der Waals surface area contributed by atoms with E-state index < -0.39 is 0 Å². The van der Waals surface area contributed by atoms with Crippen molar-refractivity contribution in [3.05, 3.63) is 35.4 Å². The lowest BCUT2D eigenvalue weighted by atomic mass is 9.86. The molecule has 19 heavy (non-hydrogen) atoms. The van der Waals surface area contributed by atoms with Crippen LogP contribution in [-0.2, 0) is 10.2 Å². The molecule has 0 saturated carbocycles. The second-order valence-electron chi connectivity index (χ2n) is 6.10. The summed E-state index contributed by atoms with van der Waals surface area (Å²) in [6.45, 7) is 6.35. The summed E-state index contributed by atoms with van der Waals surface area (Å²) in [5.41, 5.74) is 1.92. The van der Waals surface area contributed by atoms with Crippen LogP contribution >= 0.6 is 0 Å². The molecule has 0 unspecified atom stereocenters. The number of aromatic hydroxyl groups is 1. The fourth-order valence-electron chi connectivity index (χ4n) is 2.15. The predicted octanol–water partition coefficient (Wildman–Crippen LogP) is 2.98. The Kier molecular flexibility index (Phi) is 3.65. The van der Waals surface area contributed by atoms with Crippen molar-refractivity contribution in [3.63, 3.8) is 0 Å². The third kappa shape index (κ3) is 3.37. The molecule has 0 aromatic heterocycles. The minimum absolute atomic E-state index is 0.0269. The molecule has 2 rings (SSSR count). The van der Waals surface area contributed by atoms with Crippen molar-refractivity contribution in [1.82, 2.24) is 5.32 Å². The molecule has 1 amide bonds. The highest BCUT2D eigenvalue weighted by molar-refractivity contribution is 5.79. The van der Waals surface area contributed by atoms with Crippen LogP contribution in [0.5, 0.6) is 5.75 Å². The lowest BCUT2D eigenvalue weighted by Crippen LogP contribution is -2.22. The molecule has 3 nitrogen and oxygen atoms in total. The summed E-state index contributed by atoms with van der Waals surface area (Å²) >= 11 is 0. The van der Waals surface area contributed by atoms with Crippen molar-refractivity contribution in [1.29, 1.82) is 0 Å². The number of phenolic OH excluding ortho intramolecular Hbond substituents is 1. The topological polar surface area (TPSA) is 49.3 Å². The van der Waals surface area contributed by atoms with E-state index in [2.05, 4.69) is 26.1 Å². The van der Waals surface area contributed by atoms with Gasteiger partial charge >= 0.3 is 0 Å². The van der Waals surface area contributed by atoms with Crippen molar-refractivity contribution in [3.8, 4) is 5.75 Å². The van der Waals surface area contributed by atoms with Gasteiger partial charge in [0.15, 0.2) is 0 Å². The lowest BCUT2D eigenvalue weighted by molar-refractivity contribution is -0.119. The van der Waals surface area contributed by atoms with Crippen LogP contribution in [0, 0.1) is 0 Å². The third-order valence-corrected chi connectivity index (χ3v) is 3.43. The first kappa shape index (κ1) is 13.7. The molecule has 1 fully saturated rings. The summed E-state index contributed by atoms with van der Waals surface area (Å²) < 4.78 is 0. The molecule has 1 heterocycles. The average molecular weight is 259 g/mol. The Morgan fingerprint density at radius 2 is 2.11 bits per heavy atom. The van der Waals surface area contributed by atoms with Crippen LogP contribution in [0.3, 0.4) is 0 Å². The van der Waals surface area contributed by atoms with Gasteiger partial charge < -0.3 is 10.4 Å². The summed E-state index contributed by atoms with van der Waals surface area (Å²) in [5.74, 6) is 0.384. The Hall–Kier alpha value is -1.77. The second kappa shape index (κ2) is 5.08. The number of nitrogens with one attached hydrogen (secondary N) is 1. The minimum atomic E-state index is 0.0269. The van der Waals surface area contributed by atoms with Gasteiger partial charge in [-0.15, -0.1) is 0 Å². The highest BCUT2D eigenvalue weighted by Gasteiger charge is 2.18. The van der Waals surface area contributed by atoms with Crippen molar-refractivity contribution >= 4 is 12.0 Å². The fourth-order valence-corrected chi connectivity index (χ4v) is 2.15.